The van der Waals surface area contributed by atoms with Gasteiger partial charge in [-0.05, 0) is 6.42 Å². The van der Waals surface area contributed by atoms with E-state index >= 15 is 0 Å². The van der Waals surface area contributed by atoms with E-state index in [9.17, 15) is 14.4 Å². The Hall–Kier alpha value is -1.85. The van der Waals surface area contributed by atoms with Crippen LogP contribution < -0.4 is 0 Å². The zero-order valence-corrected chi connectivity index (χ0v) is 10.6. The van der Waals surface area contributed by atoms with Gasteiger partial charge in [0.2, 0.25) is 0 Å². The molecule has 1 atom stereocenters. The molecule has 6 nitrogen and oxygen atoms in total. The molecule has 0 aliphatic heterocycles. The summed E-state index contributed by atoms with van der Waals surface area (Å²) >= 11 is 0. The van der Waals surface area contributed by atoms with Gasteiger partial charge < -0.3 is 14.6 Å². The van der Waals surface area contributed by atoms with Gasteiger partial charge in [-0.2, -0.15) is 0 Å². The van der Waals surface area contributed by atoms with Crippen molar-refractivity contribution in [3.8, 4) is 0 Å². The minimum absolute atomic E-state index is 0.00761. The molecule has 0 bridgehead atoms. The molecule has 1 N–H and O–H groups in total. The van der Waals surface area contributed by atoms with Crippen LogP contribution in [-0.4, -0.2) is 36.7 Å². The third kappa shape index (κ3) is 6.03. The maximum atomic E-state index is 11.4. The highest BCUT2D eigenvalue weighted by Gasteiger charge is 2.21. The molecule has 1 unspecified atom stereocenters. The van der Waals surface area contributed by atoms with Crippen molar-refractivity contribution in [2.45, 2.75) is 26.2 Å². The highest BCUT2D eigenvalue weighted by Crippen LogP contribution is 2.12. The van der Waals surface area contributed by atoms with Gasteiger partial charge in [0, 0.05) is 0 Å². The summed E-state index contributed by atoms with van der Waals surface area (Å²) in [4.78, 5) is 33.1. The Morgan fingerprint density at radius 2 is 1.94 bits per heavy atom. The molecule has 0 heterocycles. The first-order chi connectivity index (χ1) is 8.42. The summed E-state index contributed by atoms with van der Waals surface area (Å²) in [6.07, 6.45) is 0.860. The lowest BCUT2D eigenvalue weighted by molar-refractivity contribution is -0.151. The van der Waals surface area contributed by atoms with Gasteiger partial charge in [-0.1, -0.05) is 19.9 Å². The minimum atomic E-state index is -1.03. The van der Waals surface area contributed by atoms with Gasteiger partial charge >= 0.3 is 17.9 Å². The van der Waals surface area contributed by atoms with Crippen molar-refractivity contribution in [1.29, 1.82) is 0 Å². The number of aliphatic carboxylic acids is 1. The van der Waals surface area contributed by atoms with Crippen LogP contribution >= 0.6 is 0 Å². The molecular weight excluding hydrogens is 240 g/mol. The highest BCUT2D eigenvalue weighted by atomic mass is 16.5. The molecule has 0 aromatic rings. The Morgan fingerprint density at radius 3 is 2.39 bits per heavy atom. The maximum Gasteiger partial charge on any atom is 0.336 e. The monoisotopic (exact) mass is 258 g/mol. The number of esters is 2. The van der Waals surface area contributed by atoms with Crippen LogP contribution in [0, 0.1) is 5.92 Å². The summed E-state index contributed by atoms with van der Waals surface area (Å²) in [5.74, 6) is -3.11. The second-order valence-electron chi connectivity index (χ2n) is 3.78. The first-order valence-electron chi connectivity index (χ1n) is 5.56. The number of carbonyl (C=O) groups is 3. The van der Waals surface area contributed by atoms with E-state index < -0.39 is 23.8 Å². The zero-order chi connectivity index (χ0) is 14.1. The van der Waals surface area contributed by atoms with E-state index in [4.69, 9.17) is 9.84 Å². The molecule has 0 aromatic carbocycles. The lowest BCUT2D eigenvalue weighted by atomic mass is 10.0. The van der Waals surface area contributed by atoms with E-state index in [-0.39, 0.29) is 18.6 Å². The van der Waals surface area contributed by atoms with E-state index in [1.165, 1.54) is 7.11 Å². The molecule has 6 heteroatoms. The van der Waals surface area contributed by atoms with Crippen molar-refractivity contribution in [3.05, 3.63) is 12.2 Å². The molecular formula is C12H18O6. The summed E-state index contributed by atoms with van der Waals surface area (Å²) < 4.78 is 9.13. The lowest BCUT2D eigenvalue weighted by Crippen LogP contribution is -2.20. The van der Waals surface area contributed by atoms with Crippen LogP contribution in [0.15, 0.2) is 12.2 Å². The normalized spacial score (nSPS) is 11.4. The number of carboxylic acids is 1. The first kappa shape index (κ1) is 16.1. The molecule has 0 amide bonds. The third-order valence-corrected chi connectivity index (χ3v) is 2.28. The standard InChI is InChI=1S/C12H18O6/c1-4-5-9(11(14)15)6-10(13)18-7-8(2)12(16)17-3/h9H,2,4-7H2,1,3H3,(H,14,15). The predicted octanol–water partition coefficient (Wildman–Crippen LogP) is 1.15. The van der Waals surface area contributed by atoms with Crippen LogP contribution in [0.1, 0.15) is 26.2 Å². The molecule has 0 spiro atoms. The fraction of sp³-hybridized carbons (Fsp3) is 0.583. The van der Waals surface area contributed by atoms with Crippen molar-refractivity contribution >= 4 is 17.9 Å². The number of carbonyl (C=O) groups excluding carboxylic acids is 2. The molecule has 18 heavy (non-hydrogen) atoms. The smallest absolute Gasteiger partial charge is 0.336 e. The summed E-state index contributed by atoms with van der Waals surface area (Å²) in [7, 11) is 1.19. The minimum Gasteiger partial charge on any atom is -0.481 e. The lowest BCUT2D eigenvalue weighted by Gasteiger charge is -2.11. The van der Waals surface area contributed by atoms with Crippen molar-refractivity contribution < 1.29 is 29.0 Å². The van der Waals surface area contributed by atoms with E-state index in [1.54, 1.807) is 0 Å². The maximum absolute atomic E-state index is 11.4. The number of carboxylic acid groups (broad SMARTS) is 1. The van der Waals surface area contributed by atoms with Crippen molar-refractivity contribution in [2.24, 2.45) is 5.92 Å². The van der Waals surface area contributed by atoms with Crippen LogP contribution in [0.2, 0.25) is 0 Å². The van der Waals surface area contributed by atoms with Crippen LogP contribution in [0.4, 0.5) is 0 Å². The summed E-state index contributed by atoms with van der Waals surface area (Å²) in [5, 5.41) is 8.86. The number of hydrogen-bond donors (Lipinski definition) is 1. The van der Waals surface area contributed by atoms with Crippen LogP contribution in [0.5, 0.6) is 0 Å². The average Bonchev–Trinajstić information content (AvgIpc) is 2.34. The van der Waals surface area contributed by atoms with Gasteiger partial charge in [0.05, 0.1) is 25.0 Å². The molecule has 0 radical (unpaired) electrons. The largest absolute Gasteiger partial charge is 0.481 e. The zero-order valence-electron chi connectivity index (χ0n) is 10.6. The Morgan fingerprint density at radius 1 is 1.33 bits per heavy atom. The van der Waals surface area contributed by atoms with E-state index in [2.05, 4.69) is 11.3 Å². The van der Waals surface area contributed by atoms with Crippen molar-refractivity contribution in [1.82, 2.24) is 0 Å². The molecule has 0 fully saturated rings. The molecule has 0 rings (SSSR count). The van der Waals surface area contributed by atoms with Crippen molar-refractivity contribution in [2.75, 3.05) is 13.7 Å². The summed E-state index contributed by atoms with van der Waals surface area (Å²) in [6, 6.07) is 0. The highest BCUT2D eigenvalue weighted by molar-refractivity contribution is 5.88. The number of ether oxygens (including phenoxy) is 2. The molecule has 0 aliphatic carbocycles. The Bertz CT molecular complexity index is 333. The summed E-state index contributed by atoms with van der Waals surface area (Å²) in [5.41, 5.74) is 0.00761. The van der Waals surface area contributed by atoms with Gasteiger partial charge in [0.25, 0.3) is 0 Å². The Balaban J connectivity index is 4.13. The van der Waals surface area contributed by atoms with Gasteiger partial charge in [0.1, 0.15) is 6.61 Å². The van der Waals surface area contributed by atoms with Crippen LogP contribution in [0.25, 0.3) is 0 Å². The van der Waals surface area contributed by atoms with Gasteiger partial charge in [-0.15, -0.1) is 0 Å². The molecule has 102 valence electrons. The van der Waals surface area contributed by atoms with Gasteiger partial charge in [-0.25, -0.2) is 4.79 Å². The fourth-order valence-electron chi connectivity index (χ4n) is 1.29. The summed E-state index contributed by atoms with van der Waals surface area (Å²) in [6.45, 7) is 4.93. The second-order valence-corrected chi connectivity index (χ2v) is 3.78. The second kappa shape index (κ2) is 8.27. The SMILES string of the molecule is C=C(COC(=O)CC(CCC)C(=O)O)C(=O)OC. The molecule has 0 aromatic heterocycles. The quantitative estimate of drug-likeness (QED) is 0.519. The van der Waals surface area contributed by atoms with Gasteiger partial charge in [0.15, 0.2) is 0 Å². The van der Waals surface area contributed by atoms with Crippen LogP contribution in [0.3, 0.4) is 0 Å². The number of rotatable bonds is 8. The van der Waals surface area contributed by atoms with Gasteiger partial charge in [-0.3, -0.25) is 9.59 Å². The molecule has 0 saturated heterocycles. The molecule has 0 aliphatic rings. The number of hydrogen-bond acceptors (Lipinski definition) is 5. The fourth-order valence-corrected chi connectivity index (χ4v) is 1.29. The van der Waals surface area contributed by atoms with E-state index in [1.807, 2.05) is 6.92 Å². The number of methoxy groups -OCH3 is 1. The first-order valence-corrected chi connectivity index (χ1v) is 5.56. The van der Waals surface area contributed by atoms with Crippen LogP contribution in [-0.2, 0) is 23.9 Å². The Kier molecular flexibility index (Phi) is 7.42. The average molecular weight is 258 g/mol. The molecule has 0 saturated carbocycles. The van der Waals surface area contributed by atoms with E-state index in [0.717, 1.165) is 0 Å². The van der Waals surface area contributed by atoms with Crippen molar-refractivity contribution in [3.63, 3.8) is 0 Å². The predicted molar refractivity (Wildman–Crippen MR) is 62.8 cm³/mol. The topological polar surface area (TPSA) is 89.9 Å². The van der Waals surface area contributed by atoms with E-state index in [0.29, 0.717) is 12.8 Å². The third-order valence-electron chi connectivity index (χ3n) is 2.28. The Labute approximate surface area is 106 Å².